The molecule has 0 spiro atoms. The summed E-state index contributed by atoms with van der Waals surface area (Å²) in [7, 11) is 0. The fraction of sp³-hybridized carbons (Fsp3) is 0.211. The van der Waals surface area contributed by atoms with Crippen LogP contribution in [0.25, 0.3) is 0 Å². The van der Waals surface area contributed by atoms with Crippen molar-refractivity contribution in [2.45, 2.75) is 19.8 Å². The molecule has 0 aliphatic carbocycles. The van der Waals surface area contributed by atoms with Crippen LogP contribution in [0.2, 0.25) is 0 Å². The van der Waals surface area contributed by atoms with Crippen molar-refractivity contribution in [1.82, 2.24) is 10.7 Å². The summed E-state index contributed by atoms with van der Waals surface area (Å²) in [6.45, 7) is 4.11. The minimum Gasteiger partial charge on any atom is -0.343 e. The molecular weight excluding hydrogens is 382 g/mol. The molecule has 0 heterocycles. The molecule has 0 aliphatic rings. The Hall–Kier alpha value is -2.47. The van der Waals surface area contributed by atoms with Gasteiger partial charge in [-0.3, -0.25) is 9.59 Å². The van der Waals surface area contributed by atoms with E-state index in [1.54, 1.807) is 24.4 Å². The normalized spacial score (nSPS) is 10.9. The van der Waals surface area contributed by atoms with Gasteiger partial charge in [0.05, 0.1) is 18.3 Å². The molecule has 5 nitrogen and oxygen atoms in total. The lowest BCUT2D eigenvalue weighted by molar-refractivity contribution is -0.120. The topological polar surface area (TPSA) is 70.6 Å². The Bertz CT molecular complexity index is 770. The van der Waals surface area contributed by atoms with Crippen molar-refractivity contribution in [2.75, 3.05) is 6.54 Å². The number of hydrogen-bond donors (Lipinski definition) is 2. The van der Waals surface area contributed by atoms with Crippen molar-refractivity contribution in [3.05, 3.63) is 69.7 Å². The highest BCUT2D eigenvalue weighted by molar-refractivity contribution is 9.10. The molecule has 0 saturated carbocycles. The maximum absolute atomic E-state index is 12.0. The van der Waals surface area contributed by atoms with Gasteiger partial charge in [0.1, 0.15) is 0 Å². The number of benzene rings is 2. The number of nitrogens with zero attached hydrogens (tertiary/aromatic N) is 1. The van der Waals surface area contributed by atoms with Gasteiger partial charge in [0.15, 0.2) is 0 Å². The van der Waals surface area contributed by atoms with Gasteiger partial charge in [-0.05, 0) is 45.1 Å². The van der Waals surface area contributed by atoms with Gasteiger partial charge in [-0.25, -0.2) is 5.43 Å². The Labute approximate surface area is 155 Å². The lowest BCUT2D eigenvalue weighted by Gasteiger charge is -2.06. The monoisotopic (exact) mass is 401 g/mol. The maximum Gasteiger partial charge on any atom is 0.259 e. The predicted molar refractivity (Wildman–Crippen MR) is 103 cm³/mol. The Morgan fingerprint density at radius 1 is 1.12 bits per heavy atom. The summed E-state index contributed by atoms with van der Waals surface area (Å²) in [6, 6.07) is 15.0. The number of hydrazone groups is 1. The van der Waals surface area contributed by atoms with E-state index in [1.165, 1.54) is 5.56 Å². The summed E-state index contributed by atoms with van der Waals surface area (Å²) in [5.41, 5.74) is 5.01. The Kier molecular flexibility index (Phi) is 6.89. The molecule has 0 aromatic heterocycles. The van der Waals surface area contributed by atoms with E-state index in [-0.39, 0.29) is 12.5 Å². The summed E-state index contributed by atoms with van der Waals surface area (Å²) in [5.74, 6) is -0.245. The summed E-state index contributed by atoms with van der Waals surface area (Å²) in [4.78, 5) is 23.7. The number of carbonyl (C=O) groups excluding carboxylic acids is 2. The van der Waals surface area contributed by atoms with Crippen LogP contribution in [0.1, 0.15) is 41.3 Å². The second-order valence-corrected chi connectivity index (χ2v) is 6.63. The van der Waals surface area contributed by atoms with Crippen molar-refractivity contribution in [2.24, 2.45) is 5.10 Å². The molecule has 0 atom stereocenters. The van der Waals surface area contributed by atoms with Gasteiger partial charge >= 0.3 is 0 Å². The molecule has 0 aliphatic heterocycles. The molecule has 2 aromatic carbocycles. The number of amides is 2. The Morgan fingerprint density at radius 3 is 2.44 bits per heavy atom. The van der Waals surface area contributed by atoms with Crippen LogP contribution in [0.15, 0.2) is 58.1 Å². The first kappa shape index (κ1) is 18.9. The average molecular weight is 402 g/mol. The number of hydrogen-bond acceptors (Lipinski definition) is 3. The third-order valence-corrected chi connectivity index (χ3v) is 4.23. The number of nitrogens with one attached hydrogen (secondary N) is 2. The van der Waals surface area contributed by atoms with Gasteiger partial charge in [0, 0.05) is 4.47 Å². The third kappa shape index (κ3) is 5.83. The second-order valence-electron chi connectivity index (χ2n) is 5.78. The lowest BCUT2D eigenvalue weighted by Crippen LogP contribution is -2.35. The van der Waals surface area contributed by atoms with Crippen molar-refractivity contribution >= 4 is 34.0 Å². The molecule has 2 aromatic rings. The molecule has 2 rings (SSSR count). The fourth-order valence-electron chi connectivity index (χ4n) is 2.09. The van der Waals surface area contributed by atoms with Crippen LogP contribution < -0.4 is 10.7 Å². The van der Waals surface area contributed by atoms with E-state index in [4.69, 9.17) is 0 Å². The van der Waals surface area contributed by atoms with Gasteiger partial charge < -0.3 is 5.32 Å². The zero-order valence-corrected chi connectivity index (χ0v) is 15.7. The van der Waals surface area contributed by atoms with Crippen LogP contribution in [0, 0.1) is 0 Å². The smallest absolute Gasteiger partial charge is 0.259 e. The average Bonchev–Trinajstić information content (AvgIpc) is 2.60. The number of carbonyl (C=O) groups is 2. The van der Waals surface area contributed by atoms with Crippen molar-refractivity contribution in [1.29, 1.82) is 0 Å². The minimum absolute atomic E-state index is 0.149. The molecular formula is C19H20BrN3O2. The summed E-state index contributed by atoms with van der Waals surface area (Å²) < 4.78 is 0.677. The molecule has 0 fully saturated rings. The minimum atomic E-state index is -0.393. The van der Waals surface area contributed by atoms with Gasteiger partial charge in [-0.1, -0.05) is 50.2 Å². The first-order chi connectivity index (χ1) is 12.0. The molecule has 6 heteroatoms. The molecule has 0 saturated heterocycles. The Balaban J connectivity index is 1.80. The summed E-state index contributed by atoms with van der Waals surface area (Å²) in [5, 5.41) is 6.45. The first-order valence-corrected chi connectivity index (χ1v) is 8.71. The molecule has 0 radical (unpaired) electrons. The molecule has 25 heavy (non-hydrogen) atoms. The quantitative estimate of drug-likeness (QED) is 0.574. The van der Waals surface area contributed by atoms with E-state index in [2.05, 4.69) is 45.6 Å². The van der Waals surface area contributed by atoms with E-state index in [1.807, 2.05) is 30.3 Å². The van der Waals surface area contributed by atoms with Crippen LogP contribution in [0.5, 0.6) is 0 Å². The van der Waals surface area contributed by atoms with Crippen molar-refractivity contribution in [3.63, 3.8) is 0 Å². The zero-order valence-electron chi connectivity index (χ0n) is 14.1. The van der Waals surface area contributed by atoms with E-state index < -0.39 is 5.91 Å². The molecule has 2 N–H and O–H groups in total. The summed E-state index contributed by atoms with van der Waals surface area (Å²) >= 11 is 3.30. The van der Waals surface area contributed by atoms with E-state index in [0.717, 1.165) is 5.56 Å². The molecule has 130 valence electrons. The lowest BCUT2D eigenvalue weighted by atomic mass is 10.0. The molecule has 2 amide bonds. The van der Waals surface area contributed by atoms with Gasteiger partial charge in [0.2, 0.25) is 0 Å². The van der Waals surface area contributed by atoms with Gasteiger partial charge in [-0.2, -0.15) is 5.10 Å². The largest absolute Gasteiger partial charge is 0.343 e. The highest BCUT2D eigenvalue weighted by Gasteiger charge is 2.10. The Morgan fingerprint density at radius 2 is 1.80 bits per heavy atom. The van der Waals surface area contributed by atoms with E-state index in [9.17, 15) is 9.59 Å². The number of halogens is 1. The highest BCUT2D eigenvalue weighted by Crippen LogP contribution is 2.15. The number of rotatable bonds is 6. The summed E-state index contributed by atoms with van der Waals surface area (Å²) in [6.07, 6.45) is 1.57. The molecule has 0 bridgehead atoms. The SMILES string of the molecule is CC(C)c1ccc(/C=N/NC(=O)CNC(=O)c2ccccc2Br)cc1. The van der Waals surface area contributed by atoms with Gasteiger partial charge in [-0.15, -0.1) is 0 Å². The highest BCUT2D eigenvalue weighted by atomic mass is 79.9. The molecule has 0 unspecified atom stereocenters. The third-order valence-electron chi connectivity index (χ3n) is 3.53. The second kappa shape index (κ2) is 9.13. The van der Waals surface area contributed by atoms with Crippen LogP contribution >= 0.6 is 15.9 Å². The predicted octanol–water partition coefficient (Wildman–Crippen LogP) is 3.45. The van der Waals surface area contributed by atoms with Gasteiger partial charge in [0.25, 0.3) is 11.8 Å². The van der Waals surface area contributed by atoms with Crippen molar-refractivity contribution in [3.8, 4) is 0 Å². The van der Waals surface area contributed by atoms with E-state index in [0.29, 0.717) is 16.0 Å². The van der Waals surface area contributed by atoms with Crippen molar-refractivity contribution < 1.29 is 9.59 Å². The standard InChI is InChI=1S/C19H20BrN3O2/c1-13(2)15-9-7-14(8-10-15)11-22-23-18(24)12-21-19(25)16-5-3-4-6-17(16)20/h3-11,13H,12H2,1-2H3,(H,21,25)(H,23,24)/b22-11+. The fourth-order valence-corrected chi connectivity index (χ4v) is 2.55. The van der Waals surface area contributed by atoms with Crippen LogP contribution in [-0.4, -0.2) is 24.6 Å². The van der Waals surface area contributed by atoms with Crippen LogP contribution in [0.3, 0.4) is 0 Å². The first-order valence-electron chi connectivity index (χ1n) is 7.92. The van der Waals surface area contributed by atoms with Crippen LogP contribution in [-0.2, 0) is 4.79 Å². The van der Waals surface area contributed by atoms with E-state index >= 15 is 0 Å². The zero-order chi connectivity index (χ0) is 18.2. The maximum atomic E-state index is 12.0. The van der Waals surface area contributed by atoms with Crippen LogP contribution in [0.4, 0.5) is 0 Å².